The molecule has 0 saturated carbocycles. The molecule has 122 valence electrons. The minimum Gasteiger partial charge on any atom is -0.495 e. The van der Waals surface area contributed by atoms with Gasteiger partial charge in [0.05, 0.1) is 18.8 Å². The first kappa shape index (κ1) is 17.3. The summed E-state index contributed by atoms with van der Waals surface area (Å²) in [4.78, 5) is 12.4. The average molecular weight is 333 g/mol. The van der Waals surface area contributed by atoms with Gasteiger partial charge in [-0.05, 0) is 37.6 Å². The van der Waals surface area contributed by atoms with E-state index in [-0.39, 0.29) is 18.0 Å². The predicted octanol–water partition coefficient (Wildman–Crippen LogP) is 4.03. The van der Waals surface area contributed by atoms with Crippen molar-refractivity contribution in [2.24, 2.45) is 0 Å². The van der Waals surface area contributed by atoms with Crippen LogP contribution in [0.1, 0.15) is 25.5 Å². The second kappa shape index (κ2) is 7.99. The van der Waals surface area contributed by atoms with Crippen molar-refractivity contribution in [1.29, 1.82) is 0 Å². The van der Waals surface area contributed by atoms with Crippen molar-refractivity contribution in [2.75, 3.05) is 12.4 Å². The number of benzene rings is 2. The number of methoxy groups -OCH3 is 1. The first-order valence-corrected chi connectivity index (χ1v) is 7.85. The van der Waals surface area contributed by atoms with Crippen molar-refractivity contribution in [1.82, 2.24) is 5.32 Å². The Morgan fingerprint density at radius 2 is 1.74 bits per heavy atom. The van der Waals surface area contributed by atoms with E-state index in [2.05, 4.69) is 10.6 Å². The maximum atomic E-state index is 12.4. The van der Waals surface area contributed by atoms with Gasteiger partial charge in [-0.3, -0.25) is 10.1 Å². The van der Waals surface area contributed by atoms with Crippen molar-refractivity contribution in [3.63, 3.8) is 0 Å². The standard InChI is InChI=1S/C18H21ClN2O2/c1-12(14-8-4-5-9-15(14)19)20-13(2)18(22)21-16-10-6-7-11-17(16)23-3/h4-13,20H,1-3H3,(H,21,22)/t12-,13-/m1/s1. The van der Waals surface area contributed by atoms with Gasteiger partial charge in [0.15, 0.2) is 0 Å². The first-order chi connectivity index (χ1) is 11.0. The molecule has 2 aromatic rings. The highest BCUT2D eigenvalue weighted by Gasteiger charge is 2.18. The highest BCUT2D eigenvalue weighted by molar-refractivity contribution is 6.31. The van der Waals surface area contributed by atoms with Crippen LogP contribution in [0.25, 0.3) is 0 Å². The molecular formula is C18H21ClN2O2. The third-order valence-electron chi connectivity index (χ3n) is 3.63. The molecule has 0 aliphatic carbocycles. The van der Waals surface area contributed by atoms with Crippen molar-refractivity contribution >= 4 is 23.2 Å². The number of nitrogens with one attached hydrogen (secondary N) is 2. The maximum absolute atomic E-state index is 12.4. The molecule has 2 N–H and O–H groups in total. The summed E-state index contributed by atoms with van der Waals surface area (Å²) in [6, 6.07) is 14.5. The maximum Gasteiger partial charge on any atom is 0.241 e. The molecule has 0 heterocycles. The van der Waals surface area contributed by atoms with Gasteiger partial charge in [0.1, 0.15) is 5.75 Å². The van der Waals surface area contributed by atoms with E-state index < -0.39 is 0 Å². The first-order valence-electron chi connectivity index (χ1n) is 7.47. The summed E-state index contributed by atoms with van der Waals surface area (Å²) in [5.41, 5.74) is 1.62. The van der Waals surface area contributed by atoms with Crippen molar-refractivity contribution in [3.05, 3.63) is 59.1 Å². The molecule has 0 unspecified atom stereocenters. The number of amides is 1. The van der Waals surface area contributed by atoms with Crippen LogP contribution in [0.5, 0.6) is 5.75 Å². The summed E-state index contributed by atoms with van der Waals surface area (Å²) < 4.78 is 5.24. The molecule has 23 heavy (non-hydrogen) atoms. The van der Waals surface area contributed by atoms with E-state index in [0.29, 0.717) is 16.5 Å². The van der Waals surface area contributed by atoms with Gasteiger partial charge in [0.2, 0.25) is 5.91 Å². The number of hydrogen-bond donors (Lipinski definition) is 2. The zero-order valence-electron chi connectivity index (χ0n) is 13.5. The Labute approximate surface area is 141 Å². The summed E-state index contributed by atoms with van der Waals surface area (Å²) in [5, 5.41) is 6.82. The van der Waals surface area contributed by atoms with Crippen molar-refractivity contribution in [2.45, 2.75) is 25.9 Å². The van der Waals surface area contributed by atoms with Gasteiger partial charge in [0, 0.05) is 11.1 Å². The smallest absolute Gasteiger partial charge is 0.241 e. The highest BCUT2D eigenvalue weighted by atomic mass is 35.5. The Morgan fingerprint density at radius 3 is 2.43 bits per heavy atom. The van der Waals surface area contributed by atoms with E-state index in [4.69, 9.17) is 16.3 Å². The van der Waals surface area contributed by atoms with Gasteiger partial charge in [-0.1, -0.05) is 41.9 Å². The third-order valence-corrected chi connectivity index (χ3v) is 3.97. The van der Waals surface area contributed by atoms with Crippen molar-refractivity contribution < 1.29 is 9.53 Å². The fourth-order valence-corrected chi connectivity index (χ4v) is 2.66. The van der Waals surface area contributed by atoms with Gasteiger partial charge in [-0.15, -0.1) is 0 Å². The summed E-state index contributed by atoms with van der Waals surface area (Å²) in [6.07, 6.45) is 0. The van der Waals surface area contributed by atoms with Crippen LogP contribution in [0.2, 0.25) is 5.02 Å². The molecular weight excluding hydrogens is 312 g/mol. The summed E-state index contributed by atoms with van der Waals surface area (Å²) in [7, 11) is 1.58. The minimum atomic E-state index is -0.383. The van der Waals surface area contributed by atoms with E-state index in [1.807, 2.05) is 50.2 Å². The number of carbonyl (C=O) groups excluding carboxylic acids is 1. The van der Waals surface area contributed by atoms with Gasteiger partial charge in [-0.2, -0.15) is 0 Å². The monoisotopic (exact) mass is 332 g/mol. The number of para-hydroxylation sites is 2. The molecule has 0 saturated heterocycles. The molecule has 0 fully saturated rings. The van der Waals surface area contributed by atoms with Crippen LogP contribution in [-0.2, 0) is 4.79 Å². The summed E-state index contributed by atoms with van der Waals surface area (Å²) >= 11 is 6.19. The van der Waals surface area contributed by atoms with E-state index in [9.17, 15) is 4.79 Å². The normalized spacial score (nSPS) is 13.2. The average Bonchev–Trinajstić information content (AvgIpc) is 2.55. The fourth-order valence-electron chi connectivity index (χ4n) is 2.36. The third kappa shape index (κ3) is 4.47. The molecule has 0 aliphatic rings. The number of halogens is 1. The van der Waals surface area contributed by atoms with Gasteiger partial charge in [0.25, 0.3) is 0 Å². The lowest BCUT2D eigenvalue weighted by Crippen LogP contribution is -2.39. The van der Waals surface area contributed by atoms with Crippen LogP contribution in [0, 0.1) is 0 Å². The fraction of sp³-hybridized carbons (Fsp3) is 0.278. The Morgan fingerprint density at radius 1 is 1.09 bits per heavy atom. The molecule has 1 amide bonds. The van der Waals surface area contributed by atoms with Gasteiger partial charge >= 0.3 is 0 Å². The van der Waals surface area contributed by atoms with Gasteiger partial charge in [-0.25, -0.2) is 0 Å². The highest BCUT2D eigenvalue weighted by Crippen LogP contribution is 2.24. The largest absolute Gasteiger partial charge is 0.495 e. The lowest BCUT2D eigenvalue weighted by Gasteiger charge is -2.21. The molecule has 0 bridgehead atoms. The Bertz CT molecular complexity index is 676. The number of carbonyl (C=O) groups is 1. The van der Waals surface area contributed by atoms with Crippen LogP contribution < -0.4 is 15.4 Å². The van der Waals surface area contributed by atoms with E-state index in [1.165, 1.54) is 0 Å². The van der Waals surface area contributed by atoms with Crippen LogP contribution in [0.3, 0.4) is 0 Å². The van der Waals surface area contributed by atoms with Crippen LogP contribution in [-0.4, -0.2) is 19.1 Å². The predicted molar refractivity (Wildman–Crippen MR) is 94.1 cm³/mol. The number of hydrogen-bond acceptors (Lipinski definition) is 3. The van der Waals surface area contributed by atoms with Gasteiger partial charge < -0.3 is 10.1 Å². The molecule has 2 atom stereocenters. The Hall–Kier alpha value is -2.04. The van der Waals surface area contributed by atoms with E-state index >= 15 is 0 Å². The molecule has 5 heteroatoms. The van der Waals surface area contributed by atoms with E-state index in [0.717, 1.165) is 5.56 Å². The van der Waals surface area contributed by atoms with Crippen LogP contribution >= 0.6 is 11.6 Å². The molecule has 2 rings (SSSR count). The lowest BCUT2D eigenvalue weighted by atomic mass is 10.1. The van der Waals surface area contributed by atoms with E-state index in [1.54, 1.807) is 19.2 Å². The summed E-state index contributed by atoms with van der Waals surface area (Å²) in [5.74, 6) is 0.501. The molecule has 2 aromatic carbocycles. The quantitative estimate of drug-likeness (QED) is 0.839. The summed E-state index contributed by atoms with van der Waals surface area (Å²) in [6.45, 7) is 3.80. The zero-order chi connectivity index (χ0) is 16.8. The van der Waals surface area contributed by atoms with Crippen LogP contribution in [0.15, 0.2) is 48.5 Å². The van der Waals surface area contributed by atoms with Crippen LogP contribution in [0.4, 0.5) is 5.69 Å². The lowest BCUT2D eigenvalue weighted by molar-refractivity contribution is -0.117. The van der Waals surface area contributed by atoms with Crippen molar-refractivity contribution in [3.8, 4) is 5.75 Å². The molecule has 0 aromatic heterocycles. The second-order valence-electron chi connectivity index (χ2n) is 5.32. The number of anilines is 1. The number of ether oxygens (including phenoxy) is 1. The minimum absolute atomic E-state index is 0.0397. The molecule has 0 radical (unpaired) electrons. The molecule has 4 nitrogen and oxygen atoms in total. The SMILES string of the molecule is COc1ccccc1NC(=O)[C@@H](C)N[C@H](C)c1ccccc1Cl. The topological polar surface area (TPSA) is 50.4 Å². The molecule has 0 aliphatic heterocycles. The second-order valence-corrected chi connectivity index (χ2v) is 5.73. The zero-order valence-corrected chi connectivity index (χ0v) is 14.2. The Balaban J connectivity index is 2.01. The Kier molecular flexibility index (Phi) is 6.02. The number of rotatable bonds is 6. The molecule has 0 spiro atoms.